The topological polar surface area (TPSA) is 117 Å². The van der Waals surface area contributed by atoms with Crippen LogP contribution in [0.5, 0.6) is 11.5 Å². The van der Waals surface area contributed by atoms with Crippen LogP contribution in [0.4, 0.5) is 0 Å². The maximum atomic E-state index is 12.4. The number of aromatic nitrogens is 4. The molecule has 0 spiro atoms. The lowest BCUT2D eigenvalue weighted by atomic mass is 10.3. The predicted octanol–water partition coefficient (Wildman–Crippen LogP) is 2.23. The van der Waals surface area contributed by atoms with E-state index >= 15 is 0 Å². The second-order valence-corrected chi connectivity index (χ2v) is 7.14. The largest absolute Gasteiger partial charge is 0.497 e. The number of imidazole rings is 1. The number of aromatic amines is 1. The summed E-state index contributed by atoms with van der Waals surface area (Å²) in [7, 11) is 1.58. The van der Waals surface area contributed by atoms with Gasteiger partial charge in [0.1, 0.15) is 23.9 Å². The van der Waals surface area contributed by atoms with Gasteiger partial charge in [-0.1, -0.05) is 13.3 Å². The van der Waals surface area contributed by atoms with Gasteiger partial charge < -0.3 is 18.8 Å². The smallest absolute Gasteiger partial charge is 0.330 e. The molecule has 0 aliphatic carbocycles. The number of carbonyl (C=O) groups excluding carboxylic acids is 1. The first-order chi connectivity index (χ1) is 15.5. The third-order valence-corrected chi connectivity index (χ3v) is 5.01. The van der Waals surface area contributed by atoms with Crippen molar-refractivity contribution in [3.63, 3.8) is 0 Å². The molecule has 0 saturated heterocycles. The number of methoxy groups -OCH3 is 1. The molecule has 10 heteroatoms. The molecule has 3 rings (SSSR count). The molecule has 0 aliphatic rings. The summed E-state index contributed by atoms with van der Waals surface area (Å²) in [5.41, 5.74) is -0.381. The molecule has 0 saturated carbocycles. The Morgan fingerprint density at radius 3 is 2.47 bits per heavy atom. The maximum absolute atomic E-state index is 12.4. The number of unbranched alkanes of at least 4 members (excludes halogenated alkanes) is 1. The van der Waals surface area contributed by atoms with E-state index in [9.17, 15) is 14.4 Å². The van der Waals surface area contributed by atoms with Crippen molar-refractivity contribution in [2.75, 3.05) is 13.7 Å². The molecular formula is C22H28N4O6. The van der Waals surface area contributed by atoms with Crippen molar-refractivity contribution >= 4 is 17.1 Å². The molecule has 0 fully saturated rings. The van der Waals surface area contributed by atoms with Crippen molar-refractivity contribution in [2.24, 2.45) is 0 Å². The summed E-state index contributed by atoms with van der Waals surface area (Å²) in [5, 5.41) is 0. The third kappa shape index (κ3) is 5.19. The van der Waals surface area contributed by atoms with Gasteiger partial charge in [-0.15, -0.1) is 0 Å². The van der Waals surface area contributed by atoms with Crippen LogP contribution in [0.25, 0.3) is 11.2 Å². The maximum Gasteiger partial charge on any atom is 0.330 e. The Kier molecular flexibility index (Phi) is 7.69. The Bertz CT molecular complexity index is 1180. The van der Waals surface area contributed by atoms with E-state index in [0.717, 1.165) is 18.6 Å². The van der Waals surface area contributed by atoms with Crippen LogP contribution in [0.2, 0.25) is 0 Å². The number of esters is 1. The first-order valence-corrected chi connectivity index (χ1v) is 10.6. The van der Waals surface area contributed by atoms with Gasteiger partial charge in [0, 0.05) is 13.1 Å². The van der Waals surface area contributed by atoms with E-state index in [1.54, 1.807) is 35.9 Å². The molecule has 2 heterocycles. The molecule has 32 heavy (non-hydrogen) atoms. The molecule has 1 aromatic carbocycles. The van der Waals surface area contributed by atoms with Gasteiger partial charge in [0.25, 0.3) is 5.56 Å². The number of H-pyrrole nitrogens is 1. The van der Waals surface area contributed by atoms with Crippen molar-refractivity contribution < 1.29 is 19.0 Å². The number of benzene rings is 1. The predicted molar refractivity (Wildman–Crippen MR) is 118 cm³/mol. The lowest BCUT2D eigenvalue weighted by molar-refractivity contribution is -0.145. The van der Waals surface area contributed by atoms with Crippen LogP contribution >= 0.6 is 0 Å². The zero-order valence-electron chi connectivity index (χ0n) is 18.6. The lowest BCUT2D eigenvalue weighted by Gasteiger charge is -2.08. The van der Waals surface area contributed by atoms with Crippen molar-refractivity contribution in [3.05, 3.63) is 50.9 Å². The second-order valence-electron chi connectivity index (χ2n) is 7.14. The van der Waals surface area contributed by atoms with E-state index in [4.69, 9.17) is 14.2 Å². The highest BCUT2D eigenvalue weighted by Gasteiger charge is 2.18. The number of nitrogens with one attached hydrogen (secondary N) is 1. The third-order valence-electron chi connectivity index (χ3n) is 5.01. The summed E-state index contributed by atoms with van der Waals surface area (Å²) in [6, 6.07) is 7.04. The van der Waals surface area contributed by atoms with Gasteiger partial charge in [0.2, 0.25) is 0 Å². The van der Waals surface area contributed by atoms with Crippen LogP contribution in [0.1, 0.15) is 38.9 Å². The number of hydrogen-bond acceptors (Lipinski definition) is 7. The lowest BCUT2D eigenvalue weighted by Crippen LogP contribution is -2.31. The highest BCUT2D eigenvalue weighted by Crippen LogP contribution is 2.17. The van der Waals surface area contributed by atoms with Gasteiger partial charge in [-0.05, 0) is 37.6 Å². The first-order valence-electron chi connectivity index (χ1n) is 10.6. The molecular weight excluding hydrogens is 416 g/mol. The molecule has 10 nitrogen and oxygen atoms in total. The van der Waals surface area contributed by atoms with Crippen LogP contribution in [0, 0.1) is 0 Å². The van der Waals surface area contributed by atoms with E-state index in [1.807, 2.05) is 13.8 Å². The number of rotatable bonds is 11. The monoisotopic (exact) mass is 444 g/mol. The standard InChI is InChI=1S/C22H28N4O6/c1-4-6-12-26-20-19(21(28)24-22(26)29)25(5-2)17(23-20)14-32-18(27)11-13-31-16-9-7-15(30-3)8-10-16/h7-10H,4-6,11-14H2,1-3H3,(H,24,28,29). The van der Waals surface area contributed by atoms with Gasteiger partial charge in [0.15, 0.2) is 11.2 Å². The van der Waals surface area contributed by atoms with Crippen LogP contribution in [0.3, 0.4) is 0 Å². The zero-order valence-corrected chi connectivity index (χ0v) is 18.6. The Hall–Kier alpha value is -3.56. The van der Waals surface area contributed by atoms with Crippen molar-refractivity contribution in [1.82, 2.24) is 19.1 Å². The van der Waals surface area contributed by atoms with E-state index in [2.05, 4.69) is 9.97 Å². The minimum atomic E-state index is -0.502. The van der Waals surface area contributed by atoms with Crippen molar-refractivity contribution in [1.29, 1.82) is 0 Å². The minimum absolute atomic E-state index is 0.0557. The fourth-order valence-electron chi connectivity index (χ4n) is 3.33. The average molecular weight is 444 g/mol. The van der Waals surface area contributed by atoms with Crippen LogP contribution in [0.15, 0.2) is 33.9 Å². The van der Waals surface area contributed by atoms with Gasteiger partial charge in [-0.25, -0.2) is 9.78 Å². The van der Waals surface area contributed by atoms with E-state index < -0.39 is 17.2 Å². The van der Waals surface area contributed by atoms with E-state index in [-0.39, 0.29) is 19.6 Å². The summed E-state index contributed by atoms with van der Waals surface area (Å²) in [6.07, 6.45) is 1.73. The van der Waals surface area contributed by atoms with Gasteiger partial charge in [-0.3, -0.25) is 19.1 Å². The number of fused-ring (bicyclic) bond motifs is 1. The number of ether oxygens (including phenoxy) is 3. The molecule has 0 amide bonds. The second kappa shape index (κ2) is 10.7. The van der Waals surface area contributed by atoms with Gasteiger partial charge in [-0.2, -0.15) is 0 Å². The molecule has 1 N–H and O–H groups in total. The number of aryl methyl sites for hydroxylation is 2. The summed E-state index contributed by atoms with van der Waals surface area (Å²) >= 11 is 0. The van der Waals surface area contributed by atoms with Crippen molar-refractivity contribution in [3.8, 4) is 11.5 Å². The van der Waals surface area contributed by atoms with Gasteiger partial charge >= 0.3 is 11.7 Å². The molecule has 0 unspecified atom stereocenters. The first kappa shape index (κ1) is 23.1. The van der Waals surface area contributed by atoms with Crippen LogP contribution in [-0.4, -0.2) is 38.8 Å². The Morgan fingerprint density at radius 1 is 1.09 bits per heavy atom. The molecule has 0 atom stereocenters. The minimum Gasteiger partial charge on any atom is -0.497 e. The quantitative estimate of drug-likeness (QED) is 0.451. The molecule has 3 aromatic rings. The van der Waals surface area contributed by atoms with E-state index in [0.29, 0.717) is 35.8 Å². The Labute approximate surface area is 184 Å². The molecule has 0 radical (unpaired) electrons. The number of carbonyl (C=O) groups is 1. The Balaban J connectivity index is 1.67. The summed E-state index contributed by atoms with van der Waals surface area (Å²) < 4.78 is 19.1. The zero-order chi connectivity index (χ0) is 23.1. The normalized spacial score (nSPS) is 11.0. The molecule has 172 valence electrons. The molecule has 2 aromatic heterocycles. The van der Waals surface area contributed by atoms with Crippen LogP contribution in [-0.2, 0) is 29.2 Å². The van der Waals surface area contributed by atoms with E-state index in [1.165, 1.54) is 4.57 Å². The number of hydrogen-bond donors (Lipinski definition) is 1. The number of nitrogens with zero attached hydrogens (tertiary/aromatic N) is 3. The summed E-state index contributed by atoms with van der Waals surface area (Å²) in [4.78, 5) is 43.7. The van der Waals surface area contributed by atoms with Gasteiger partial charge in [0.05, 0.1) is 20.1 Å². The molecule has 0 bridgehead atoms. The highest BCUT2D eigenvalue weighted by atomic mass is 16.5. The fraction of sp³-hybridized carbons (Fsp3) is 0.455. The van der Waals surface area contributed by atoms with Crippen LogP contribution < -0.4 is 20.7 Å². The summed E-state index contributed by atoms with van der Waals surface area (Å²) in [6.45, 7) is 4.82. The summed E-state index contributed by atoms with van der Waals surface area (Å²) in [5.74, 6) is 1.30. The highest BCUT2D eigenvalue weighted by molar-refractivity contribution is 5.71. The fourth-order valence-corrected chi connectivity index (χ4v) is 3.33. The van der Waals surface area contributed by atoms with Crippen molar-refractivity contribution in [2.45, 2.75) is 52.8 Å². The SMILES string of the molecule is CCCCn1c(=O)[nH]c(=O)c2c1nc(COC(=O)CCOc1ccc(OC)cc1)n2CC. The molecule has 0 aliphatic heterocycles. The average Bonchev–Trinajstić information content (AvgIpc) is 3.17. The Morgan fingerprint density at radius 2 is 1.81 bits per heavy atom.